The van der Waals surface area contributed by atoms with Gasteiger partial charge in [0, 0.05) is 17.0 Å². The quantitative estimate of drug-likeness (QED) is 0.908. The molecule has 114 valence electrons. The van der Waals surface area contributed by atoms with Gasteiger partial charge in [0.2, 0.25) is 5.91 Å². The zero-order valence-electron chi connectivity index (χ0n) is 12.3. The molecule has 4 nitrogen and oxygen atoms in total. The number of carbonyl (C=O) groups is 2. The lowest BCUT2D eigenvalue weighted by Gasteiger charge is -2.25. The zero-order chi connectivity index (χ0) is 15.5. The summed E-state index contributed by atoms with van der Waals surface area (Å²) in [5.74, 6) is -1.46. The first kappa shape index (κ1) is 14.6. The molecule has 0 aromatic heterocycles. The van der Waals surface area contributed by atoms with Crippen molar-refractivity contribution >= 4 is 28.3 Å². The van der Waals surface area contributed by atoms with Gasteiger partial charge < -0.3 is 10.4 Å². The van der Waals surface area contributed by atoms with E-state index in [0.717, 1.165) is 29.3 Å². The predicted octanol–water partition coefficient (Wildman–Crippen LogP) is 3.67. The highest BCUT2D eigenvalue weighted by Crippen LogP contribution is 2.31. The summed E-state index contributed by atoms with van der Waals surface area (Å²) in [6.45, 7) is 0. The van der Waals surface area contributed by atoms with Crippen molar-refractivity contribution in [3.63, 3.8) is 0 Å². The number of carboxylic acids is 1. The second kappa shape index (κ2) is 6.18. The minimum absolute atomic E-state index is 0.0673. The fourth-order valence-electron chi connectivity index (χ4n) is 3.22. The van der Waals surface area contributed by atoms with E-state index >= 15 is 0 Å². The Morgan fingerprint density at radius 2 is 1.73 bits per heavy atom. The molecule has 1 aliphatic rings. The molecule has 1 fully saturated rings. The fourth-order valence-corrected chi connectivity index (χ4v) is 3.22. The molecule has 2 unspecified atom stereocenters. The number of rotatable bonds is 3. The lowest BCUT2D eigenvalue weighted by Crippen LogP contribution is -2.30. The van der Waals surface area contributed by atoms with Gasteiger partial charge in [0.1, 0.15) is 0 Å². The van der Waals surface area contributed by atoms with Gasteiger partial charge in [0.15, 0.2) is 0 Å². The summed E-state index contributed by atoms with van der Waals surface area (Å²) >= 11 is 0. The maximum Gasteiger partial charge on any atom is 0.306 e. The van der Waals surface area contributed by atoms with Gasteiger partial charge >= 0.3 is 5.97 Å². The molecular weight excluding hydrogens is 278 g/mol. The molecule has 0 heterocycles. The van der Waals surface area contributed by atoms with Gasteiger partial charge in [0.05, 0.1) is 5.92 Å². The molecule has 2 aromatic rings. The summed E-state index contributed by atoms with van der Waals surface area (Å²) in [4.78, 5) is 23.6. The monoisotopic (exact) mass is 297 g/mol. The Morgan fingerprint density at radius 1 is 1.00 bits per heavy atom. The number of fused-ring (bicyclic) bond motifs is 1. The maximum absolute atomic E-state index is 12.5. The molecule has 1 amide bonds. The van der Waals surface area contributed by atoms with E-state index < -0.39 is 11.9 Å². The number of hydrogen-bond acceptors (Lipinski definition) is 2. The molecule has 3 rings (SSSR count). The normalized spacial score (nSPS) is 21.5. The Bertz CT molecular complexity index is 705. The molecule has 2 aromatic carbocycles. The molecule has 22 heavy (non-hydrogen) atoms. The van der Waals surface area contributed by atoms with Crippen molar-refractivity contribution in [1.82, 2.24) is 0 Å². The smallest absolute Gasteiger partial charge is 0.306 e. The van der Waals surface area contributed by atoms with Gasteiger partial charge in [-0.2, -0.15) is 0 Å². The van der Waals surface area contributed by atoms with Crippen LogP contribution in [0.5, 0.6) is 0 Å². The van der Waals surface area contributed by atoms with E-state index in [1.165, 1.54) is 0 Å². The Balaban J connectivity index is 1.77. The van der Waals surface area contributed by atoms with E-state index in [9.17, 15) is 9.59 Å². The van der Waals surface area contributed by atoms with Gasteiger partial charge in [-0.3, -0.25) is 9.59 Å². The number of benzene rings is 2. The lowest BCUT2D eigenvalue weighted by molar-refractivity contribution is -0.143. The summed E-state index contributed by atoms with van der Waals surface area (Å²) in [5.41, 5.74) is 0.792. The number of carbonyl (C=O) groups excluding carboxylic acids is 1. The zero-order valence-corrected chi connectivity index (χ0v) is 12.3. The molecule has 2 N–H and O–H groups in total. The molecule has 1 saturated carbocycles. The van der Waals surface area contributed by atoms with Crippen LogP contribution in [0.4, 0.5) is 5.69 Å². The van der Waals surface area contributed by atoms with Gasteiger partial charge in [-0.1, -0.05) is 42.8 Å². The van der Waals surface area contributed by atoms with Crippen molar-refractivity contribution in [1.29, 1.82) is 0 Å². The van der Waals surface area contributed by atoms with Gasteiger partial charge in [-0.25, -0.2) is 0 Å². The fraction of sp³-hybridized carbons (Fsp3) is 0.333. The minimum atomic E-state index is -0.789. The Morgan fingerprint density at radius 3 is 2.55 bits per heavy atom. The third-order valence-electron chi connectivity index (χ3n) is 4.44. The largest absolute Gasteiger partial charge is 0.481 e. The van der Waals surface area contributed by atoms with E-state index in [2.05, 4.69) is 5.32 Å². The summed E-state index contributed by atoms with van der Waals surface area (Å²) < 4.78 is 0. The summed E-state index contributed by atoms with van der Waals surface area (Å²) in [7, 11) is 0. The van der Waals surface area contributed by atoms with Crippen LogP contribution in [-0.4, -0.2) is 17.0 Å². The molecule has 0 radical (unpaired) electrons. The standard InChI is InChI=1S/C18H19NO3/c20-17(13-7-3-8-14(11-13)18(21)22)19-16-10-4-6-12-5-1-2-9-15(12)16/h1-2,4-6,9-10,13-14H,3,7-8,11H2,(H,19,20)(H,21,22). The van der Waals surface area contributed by atoms with E-state index in [0.29, 0.717) is 12.8 Å². The van der Waals surface area contributed by atoms with Crippen LogP contribution in [0.15, 0.2) is 42.5 Å². The molecule has 0 bridgehead atoms. The van der Waals surface area contributed by atoms with Crippen LogP contribution in [-0.2, 0) is 9.59 Å². The number of anilines is 1. The van der Waals surface area contributed by atoms with Crippen LogP contribution in [0.2, 0.25) is 0 Å². The average Bonchev–Trinajstić information content (AvgIpc) is 2.55. The molecule has 0 spiro atoms. The van der Waals surface area contributed by atoms with Crippen LogP contribution in [0.3, 0.4) is 0 Å². The second-order valence-corrected chi connectivity index (χ2v) is 5.91. The summed E-state index contributed by atoms with van der Waals surface area (Å²) in [6.07, 6.45) is 2.67. The van der Waals surface area contributed by atoms with Crippen LogP contribution < -0.4 is 5.32 Å². The maximum atomic E-state index is 12.5. The van der Waals surface area contributed by atoms with Crippen LogP contribution in [0.1, 0.15) is 25.7 Å². The Labute approximate surface area is 129 Å². The average molecular weight is 297 g/mol. The van der Waals surface area contributed by atoms with Crippen molar-refractivity contribution in [3.05, 3.63) is 42.5 Å². The van der Waals surface area contributed by atoms with E-state index in [1.54, 1.807) is 0 Å². The third-order valence-corrected chi connectivity index (χ3v) is 4.44. The van der Waals surface area contributed by atoms with Gasteiger partial charge in [-0.15, -0.1) is 0 Å². The van der Waals surface area contributed by atoms with Crippen LogP contribution >= 0.6 is 0 Å². The molecular formula is C18H19NO3. The van der Waals surface area contributed by atoms with E-state index in [1.807, 2.05) is 42.5 Å². The highest BCUT2D eigenvalue weighted by atomic mass is 16.4. The first-order valence-electron chi connectivity index (χ1n) is 7.66. The first-order chi connectivity index (χ1) is 10.6. The number of hydrogen-bond donors (Lipinski definition) is 2. The van der Waals surface area contributed by atoms with Crippen molar-refractivity contribution in [2.24, 2.45) is 11.8 Å². The Kier molecular flexibility index (Phi) is 4.09. The number of carboxylic acid groups (broad SMARTS) is 1. The van der Waals surface area contributed by atoms with E-state index in [-0.39, 0.29) is 11.8 Å². The molecule has 4 heteroatoms. The highest BCUT2D eigenvalue weighted by molar-refractivity contribution is 6.02. The van der Waals surface area contributed by atoms with Gasteiger partial charge in [-0.05, 0) is 30.7 Å². The van der Waals surface area contributed by atoms with Gasteiger partial charge in [0.25, 0.3) is 0 Å². The van der Waals surface area contributed by atoms with Crippen molar-refractivity contribution in [2.45, 2.75) is 25.7 Å². The highest BCUT2D eigenvalue weighted by Gasteiger charge is 2.31. The first-order valence-corrected chi connectivity index (χ1v) is 7.66. The molecule has 0 saturated heterocycles. The SMILES string of the molecule is O=C(O)C1CCCC(C(=O)Nc2cccc3ccccc23)C1. The minimum Gasteiger partial charge on any atom is -0.481 e. The topological polar surface area (TPSA) is 66.4 Å². The second-order valence-electron chi connectivity index (χ2n) is 5.91. The summed E-state index contributed by atoms with van der Waals surface area (Å²) in [6, 6.07) is 13.7. The van der Waals surface area contributed by atoms with Crippen molar-refractivity contribution < 1.29 is 14.7 Å². The Hall–Kier alpha value is -2.36. The number of amides is 1. The molecule has 0 aliphatic heterocycles. The van der Waals surface area contributed by atoms with Crippen molar-refractivity contribution in [2.75, 3.05) is 5.32 Å². The predicted molar refractivity (Wildman–Crippen MR) is 85.7 cm³/mol. The number of aliphatic carboxylic acids is 1. The lowest BCUT2D eigenvalue weighted by atomic mass is 9.81. The third kappa shape index (κ3) is 2.96. The van der Waals surface area contributed by atoms with Crippen LogP contribution in [0.25, 0.3) is 10.8 Å². The van der Waals surface area contributed by atoms with Crippen molar-refractivity contribution in [3.8, 4) is 0 Å². The molecule has 1 aliphatic carbocycles. The van der Waals surface area contributed by atoms with E-state index in [4.69, 9.17) is 5.11 Å². The van der Waals surface area contributed by atoms with Crippen LogP contribution in [0, 0.1) is 11.8 Å². The number of nitrogens with one attached hydrogen (secondary N) is 1. The summed E-state index contributed by atoms with van der Waals surface area (Å²) in [5, 5.41) is 14.2. The molecule has 2 atom stereocenters.